The third kappa shape index (κ3) is 5.45. The first-order chi connectivity index (χ1) is 13.1. The Morgan fingerprint density at radius 2 is 1.81 bits per heavy atom. The highest BCUT2D eigenvalue weighted by atomic mass is 35.5. The zero-order valence-electron chi connectivity index (χ0n) is 14.4. The van der Waals surface area contributed by atoms with Crippen LogP contribution in [0.2, 0.25) is 5.02 Å². The van der Waals surface area contributed by atoms with Crippen LogP contribution in [0.4, 0.5) is 0 Å². The fourth-order valence-electron chi connectivity index (χ4n) is 2.52. The van der Waals surface area contributed by atoms with Crippen LogP contribution in [0.3, 0.4) is 0 Å². The first-order valence-electron chi connectivity index (χ1n) is 8.38. The molecule has 27 heavy (non-hydrogen) atoms. The Morgan fingerprint density at radius 3 is 2.59 bits per heavy atom. The van der Waals surface area contributed by atoms with Gasteiger partial charge < -0.3 is 14.8 Å². The molecule has 0 saturated carbocycles. The van der Waals surface area contributed by atoms with Gasteiger partial charge in [-0.15, -0.1) is 11.3 Å². The molecule has 3 rings (SSSR count). The maximum atomic E-state index is 11.8. The maximum Gasteiger partial charge on any atom is 0.344 e. The van der Waals surface area contributed by atoms with Gasteiger partial charge in [-0.25, -0.2) is 4.79 Å². The minimum atomic E-state index is -0.609. The number of hydrogen-bond donors (Lipinski definition) is 1. The first-order valence-corrected chi connectivity index (χ1v) is 9.64. The fourth-order valence-corrected chi connectivity index (χ4v) is 3.45. The van der Waals surface area contributed by atoms with Gasteiger partial charge in [0.05, 0.1) is 0 Å². The van der Waals surface area contributed by atoms with Crippen molar-refractivity contribution in [1.29, 1.82) is 0 Å². The normalized spacial score (nSPS) is 10.6. The number of carbonyl (C=O) groups excluding carboxylic acids is 2. The fraction of sp³-hybridized carbons (Fsp3) is 0.200. The lowest BCUT2D eigenvalue weighted by Gasteiger charge is -2.10. The van der Waals surface area contributed by atoms with Crippen LogP contribution in [-0.2, 0) is 20.7 Å². The van der Waals surface area contributed by atoms with E-state index in [0.717, 1.165) is 17.2 Å². The lowest BCUT2D eigenvalue weighted by Crippen LogP contribution is -2.31. The predicted octanol–water partition coefficient (Wildman–Crippen LogP) is 3.84. The SMILES string of the molecule is O=C(COC(=O)COc1ccc(Cl)c2ccccc12)NCCc1cccs1. The number of amides is 1. The summed E-state index contributed by atoms with van der Waals surface area (Å²) in [6.07, 6.45) is 0.754. The molecule has 0 bridgehead atoms. The summed E-state index contributed by atoms with van der Waals surface area (Å²) in [5, 5.41) is 6.97. The number of carbonyl (C=O) groups is 2. The number of thiophene rings is 1. The van der Waals surface area contributed by atoms with Crippen LogP contribution in [-0.4, -0.2) is 31.6 Å². The van der Waals surface area contributed by atoms with Crippen molar-refractivity contribution in [3.8, 4) is 5.75 Å². The van der Waals surface area contributed by atoms with Crippen molar-refractivity contribution in [1.82, 2.24) is 5.32 Å². The third-order valence-electron chi connectivity index (χ3n) is 3.81. The van der Waals surface area contributed by atoms with Crippen molar-refractivity contribution >= 4 is 45.6 Å². The van der Waals surface area contributed by atoms with Crippen LogP contribution in [0.25, 0.3) is 10.8 Å². The van der Waals surface area contributed by atoms with Crippen LogP contribution in [0, 0.1) is 0 Å². The van der Waals surface area contributed by atoms with Crippen molar-refractivity contribution in [2.45, 2.75) is 6.42 Å². The molecule has 1 N–H and O–H groups in total. The zero-order valence-corrected chi connectivity index (χ0v) is 16.0. The first kappa shape index (κ1) is 19.2. The van der Waals surface area contributed by atoms with Crippen molar-refractivity contribution in [3.63, 3.8) is 0 Å². The third-order valence-corrected chi connectivity index (χ3v) is 5.08. The molecule has 0 spiro atoms. The molecule has 1 heterocycles. The molecule has 0 saturated heterocycles. The second kappa shape index (κ2) is 9.39. The van der Waals surface area contributed by atoms with Crippen molar-refractivity contribution in [2.24, 2.45) is 0 Å². The minimum absolute atomic E-state index is 0.284. The van der Waals surface area contributed by atoms with Crippen molar-refractivity contribution in [3.05, 3.63) is 63.8 Å². The average Bonchev–Trinajstić information content (AvgIpc) is 3.19. The quantitative estimate of drug-likeness (QED) is 0.580. The summed E-state index contributed by atoms with van der Waals surface area (Å²) in [5.74, 6) is -0.411. The highest BCUT2D eigenvalue weighted by Crippen LogP contribution is 2.31. The molecule has 0 atom stereocenters. The summed E-state index contributed by atoms with van der Waals surface area (Å²) < 4.78 is 10.5. The molecule has 0 aliphatic rings. The number of fused-ring (bicyclic) bond motifs is 1. The predicted molar refractivity (Wildman–Crippen MR) is 106 cm³/mol. The average molecular weight is 404 g/mol. The van der Waals surface area contributed by atoms with Crippen molar-refractivity contribution < 1.29 is 19.1 Å². The molecule has 0 unspecified atom stereocenters. The highest BCUT2D eigenvalue weighted by molar-refractivity contribution is 7.09. The molecule has 7 heteroatoms. The molecular weight excluding hydrogens is 386 g/mol. The van der Waals surface area contributed by atoms with E-state index in [2.05, 4.69) is 5.32 Å². The number of esters is 1. The summed E-state index contributed by atoms with van der Waals surface area (Å²) in [6, 6.07) is 14.9. The standard InChI is InChI=1S/C20H18ClNO4S/c21-17-7-8-18(16-6-2-1-5-15(16)17)25-13-20(24)26-12-19(23)22-10-9-14-4-3-11-27-14/h1-8,11H,9-10,12-13H2,(H,22,23). The van der Waals surface area contributed by atoms with E-state index in [1.54, 1.807) is 23.5 Å². The number of ether oxygens (including phenoxy) is 2. The Balaban J connectivity index is 1.42. The Labute approximate surface area is 165 Å². The molecule has 1 aromatic heterocycles. The molecule has 3 aromatic rings. The number of hydrogen-bond acceptors (Lipinski definition) is 5. The highest BCUT2D eigenvalue weighted by Gasteiger charge is 2.11. The van der Waals surface area contributed by atoms with Crippen molar-refractivity contribution in [2.75, 3.05) is 19.8 Å². The van der Waals surface area contributed by atoms with Gasteiger partial charge in [-0.2, -0.15) is 0 Å². The minimum Gasteiger partial charge on any atom is -0.481 e. The Kier molecular flexibility index (Phi) is 6.68. The largest absolute Gasteiger partial charge is 0.481 e. The monoisotopic (exact) mass is 403 g/mol. The number of rotatable bonds is 8. The van der Waals surface area contributed by atoms with E-state index < -0.39 is 5.97 Å². The molecular formula is C20H18ClNO4S. The van der Waals surface area contributed by atoms with E-state index in [-0.39, 0.29) is 19.1 Å². The van der Waals surface area contributed by atoms with Gasteiger partial charge in [-0.05, 0) is 30.0 Å². The number of benzene rings is 2. The van der Waals surface area contributed by atoms with Crippen LogP contribution in [0.15, 0.2) is 53.9 Å². The van der Waals surface area contributed by atoms with Gasteiger partial charge in [-0.3, -0.25) is 4.79 Å². The zero-order chi connectivity index (χ0) is 19.1. The van der Waals surface area contributed by atoms with E-state index >= 15 is 0 Å². The van der Waals surface area contributed by atoms with Crippen LogP contribution in [0.5, 0.6) is 5.75 Å². The second-order valence-corrected chi connectivity index (χ2v) is 7.16. The smallest absolute Gasteiger partial charge is 0.344 e. The van der Waals surface area contributed by atoms with E-state index in [1.807, 2.05) is 41.8 Å². The van der Waals surface area contributed by atoms with Crippen LogP contribution in [0.1, 0.15) is 4.88 Å². The Morgan fingerprint density at radius 1 is 1.00 bits per heavy atom. The van der Waals surface area contributed by atoms with Crippen LogP contribution < -0.4 is 10.1 Å². The summed E-state index contributed by atoms with van der Waals surface area (Å²) >= 11 is 7.80. The molecule has 140 valence electrons. The van der Waals surface area contributed by atoms with Gasteiger partial charge in [0.25, 0.3) is 5.91 Å². The molecule has 0 aliphatic carbocycles. The molecule has 5 nitrogen and oxygen atoms in total. The summed E-state index contributed by atoms with van der Waals surface area (Å²) in [6.45, 7) is -0.105. The van der Waals surface area contributed by atoms with Crippen LogP contribution >= 0.6 is 22.9 Å². The molecule has 2 aromatic carbocycles. The summed E-state index contributed by atoms with van der Waals surface area (Å²) in [4.78, 5) is 24.7. The number of halogens is 1. The maximum absolute atomic E-state index is 11.8. The van der Waals surface area contributed by atoms with E-state index in [0.29, 0.717) is 17.3 Å². The Bertz CT molecular complexity index is 927. The summed E-state index contributed by atoms with van der Waals surface area (Å²) in [7, 11) is 0. The lowest BCUT2D eigenvalue weighted by atomic mass is 10.1. The number of nitrogens with one attached hydrogen (secondary N) is 1. The van der Waals surface area contributed by atoms with E-state index in [9.17, 15) is 9.59 Å². The van der Waals surface area contributed by atoms with E-state index in [1.165, 1.54) is 4.88 Å². The summed E-state index contributed by atoms with van der Waals surface area (Å²) in [5.41, 5.74) is 0. The van der Waals surface area contributed by atoms with E-state index in [4.69, 9.17) is 21.1 Å². The molecule has 1 amide bonds. The molecule has 0 fully saturated rings. The molecule has 0 aliphatic heterocycles. The van der Waals surface area contributed by atoms with Gasteiger partial charge in [0.2, 0.25) is 0 Å². The van der Waals surface area contributed by atoms with Gasteiger partial charge in [0.1, 0.15) is 5.75 Å². The topological polar surface area (TPSA) is 64.6 Å². The second-order valence-electron chi connectivity index (χ2n) is 5.72. The van der Waals surface area contributed by atoms with Gasteiger partial charge in [-0.1, -0.05) is 41.9 Å². The lowest BCUT2D eigenvalue weighted by molar-refractivity contribution is -0.150. The van der Waals surface area contributed by atoms with Gasteiger partial charge in [0, 0.05) is 27.2 Å². The Hall–Kier alpha value is -2.57. The van der Waals surface area contributed by atoms with Gasteiger partial charge >= 0.3 is 5.97 Å². The van der Waals surface area contributed by atoms with Gasteiger partial charge in [0.15, 0.2) is 13.2 Å². The molecule has 0 radical (unpaired) electrons.